The largest absolute Gasteiger partial charge is 0.467 e. The third-order valence-corrected chi connectivity index (χ3v) is 4.03. The topological polar surface area (TPSA) is 62.6 Å². The third kappa shape index (κ3) is 4.46. The van der Waals surface area contributed by atoms with Gasteiger partial charge in [-0.1, -0.05) is 6.07 Å². The average molecular weight is 306 g/mol. The molecule has 0 spiro atoms. The van der Waals surface area contributed by atoms with Crippen LogP contribution in [0.4, 0.5) is 0 Å². The number of hydrogen-bond donors (Lipinski definition) is 1. The summed E-state index contributed by atoms with van der Waals surface area (Å²) in [5.41, 5.74) is 0. The predicted molar refractivity (Wildman–Crippen MR) is 80.7 cm³/mol. The second-order valence-corrected chi connectivity index (χ2v) is 5.78. The van der Waals surface area contributed by atoms with E-state index in [4.69, 9.17) is 4.42 Å². The summed E-state index contributed by atoms with van der Waals surface area (Å²) in [6, 6.07) is 7.17. The molecule has 0 aliphatic heterocycles. The van der Waals surface area contributed by atoms with Gasteiger partial charge in [0.25, 0.3) is 0 Å². The van der Waals surface area contributed by atoms with E-state index in [2.05, 4.69) is 5.32 Å². The highest BCUT2D eigenvalue weighted by Crippen LogP contribution is 2.23. The van der Waals surface area contributed by atoms with Gasteiger partial charge in [0.2, 0.25) is 11.8 Å². The maximum absolute atomic E-state index is 12.3. The van der Waals surface area contributed by atoms with Gasteiger partial charge in [0.05, 0.1) is 25.3 Å². The van der Waals surface area contributed by atoms with Crippen LogP contribution in [-0.4, -0.2) is 23.8 Å². The fourth-order valence-electron chi connectivity index (χ4n) is 2.01. The van der Waals surface area contributed by atoms with E-state index in [1.165, 1.54) is 18.3 Å². The molecular weight excluding hydrogens is 288 g/mol. The highest BCUT2D eigenvalue weighted by molar-refractivity contribution is 7.10. The monoisotopic (exact) mass is 306 g/mol. The van der Waals surface area contributed by atoms with E-state index in [0.29, 0.717) is 6.54 Å². The molecule has 0 radical (unpaired) electrons. The fourth-order valence-corrected chi connectivity index (χ4v) is 2.79. The second kappa shape index (κ2) is 7.08. The Morgan fingerprint density at radius 3 is 2.76 bits per heavy atom. The van der Waals surface area contributed by atoms with Gasteiger partial charge in [0, 0.05) is 18.8 Å². The maximum atomic E-state index is 12.3. The lowest BCUT2D eigenvalue weighted by Gasteiger charge is -2.21. The number of carbonyl (C=O) groups is 2. The van der Waals surface area contributed by atoms with Crippen LogP contribution in [0.25, 0.3) is 0 Å². The number of thiophene rings is 1. The molecule has 0 aliphatic rings. The molecule has 1 unspecified atom stereocenters. The Labute approximate surface area is 127 Å². The van der Waals surface area contributed by atoms with E-state index in [-0.39, 0.29) is 24.3 Å². The molecule has 5 nitrogen and oxygen atoms in total. The Hall–Kier alpha value is -2.08. The molecule has 2 heterocycles. The number of amides is 2. The zero-order valence-electron chi connectivity index (χ0n) is 12.0. The molecule has 21 heavy (non-hydrogen) atoms. The molecule has 0 aromatic carbocycles. The highest BCUT2D eigenvalue weighted by Gasteiger charge is 2.20. The van der Waals surface area contributed by atoms with Gasteiger partial charge >= 0.3 is 0 Å². The van der Waals surface area contributed by atoms with Gasteiger partial charge < -0.3 is 14.6 Å². The fraction of sp³-hybridized carbons (Fsp3) is 0.333. The van der Waals surface area contributed by atoms with Gasteiger partial charge in [-0.25, -0.2) is 0 Å². The molecule has 0 saturated carbocycles. The number of rotatable bonds is 6. The molecule has 0 saturated heterocycles. The van der Waals surface area contributed by atoms with Crippen molar-refractivity contribution in [3.63, 3.8) is 0 Å². The van der Waals surface area contributed by atoms with Crippen molar-refractivity contribution in [3.05, 3.63) is 46.5 Å². The standard InChI is InChI=1S/C15H18N2O3S/c1-11(18)16-13(14-6-4-8-21-14)9-15(19)17(2)10-12-5-3-7-20-12/h3-8,13H,9-10H2,1-2H3,(H,16,18). The summed E-state index contributed by atoms with van der Waals surface area (Å²) in [5.74, 6) is 0.548. The Kier molecular flexibility index (Phi) is 5.16. The van der Waals surface area contributed by atoms with Crippen molar-refractivity contribution >= 4 is 23.2 Å². The van der Waals surface area contributed by atoms with E-state index in [1.54, 1.807) is 24.3 Å². The van der Waals surface area contributed by atoms with Crippen LogP contribution in [0.1, 0.15) is 30.0 Å². The van der Waals surface area contributed by atoms with Crippen molar-refractivity contribution in [1.82, 2.24) is 10.2 Å². The Bertz CT molecular complexity index is 578. The van der Waals surface area contributed by atoms with Crippen molar-refractivity contribution in [2.75, 3.05) is 7.05 Å². The summed E-state index contributed by atoms with van der Waals surface area (Å²) in [6.45, 7) is 1.88. The van der Waals surface area contributed by atoms with Gasteiger partial charge in [-0.2, -0.15) is 0 Å². The number of nitrogens with zero attached hydrogens (tertiary/aromatic N) is 1. The first kappa shape index (κ1) is 15.3. The Morgan fingerprint density at radius 1 is 1.38 bits per heavy atom. The normalized spacial score (nSPS) is 11.9. The molecule has 0 fully saturated rings. The van der Waals surface area contributed by atoms with Crippen LogP contribution in [0.15, 0.2) is 40.3 Å². The van der Waals surface area contributed by atoms with Crippen LogP contribution in [0.3, 0.4) is 0 Å². The van der Waals surface area contributed by atoms with Crippen molar-refractivity contribution in [1.29, 1.82) is 0 Å². The van der Waals surface area contributed by atoms with Crippen LogP contribution < -0.4 is 5.32 Å². The van der Waals surface area contributed by atoms with Crippen LogP contribution in [0.2, 0.25) is 0 Å². The molecule has 1 N–H and O–H groups in total. The zero-order chi connectivity index (χ0) is 15.2. The van der Waals surface area contributed by atoms with Crippen molar-refractivity contribution in [3.8, 4) is 0 Å². The minimum absolute atomic E-state index is 0.0430. The number of carbonyl (C=O) groups excluding carboxylic acids is 2. The number of furan rings is 1. The summed E-state index contributed by atoms with van der Waals surface area (Å²) >= 11 is 1.53. The van der Waals surface area contributed by atoms with Gasteiger partial charge in [-0.05, 0) is 23.6 Å². The molecule has 2 rings (SSSR count). The summed E-state index contributed by atoms with van der Waals surface area (Å²) < 4.78 is 5.23. The van der Waals surface area contributed by atoms with Crippen molar-refractivity contribution in [2.24, 2.45) is 0 Å². The van der Waals surface area contributed by atoms with Gasteiger partial charge in [0.1, 0.15) is 5.76 Å². The molecule has 2 amide bonds. The number of nitrogens with one attached hydrogen (secondary N) is 1. The molecule has 0 bridgehead atoms. The lowest BCUT2D eigenvalue weighted by molar-refractivity contribution is -0.131. The Balaban J connectivity index is 1.98. The molecule has 2 aromatic heterocycles. The summed E-state index contributed by atoms with van der Waals surface area (Å²) in [5, 5.41) is 4.76. The first-order valence-electron chi connectivity index (χ1n) is 6.63. The SMILES string of the molecule is CC(=O)NC(CC(=O)N(C)Cc1ccco1)c1cccs1. The highest BCUT2D eigenvalue weighted by atomic mass is 32.1. The van der Waals surface area contributed by atoms with E-state index in [9.17, 15) is 9.59 Å². The first-order chi connectivity index (χ1) is 10.1. The Morgan fingerprint density at radius 2 is 2.19 bits per heavy atom. The molecule has 112 valence electrons. The molecule has 2 aromatic rings. The second-order valence-electron chi connectivity index (χ2n) is 4.80. The minimum atomic E-state index is -0.283. The van der Waals surface area contributed by atoms with Crippen molar-refractivity contribution in [2.45, 2.75) is 25.9 Å². The summed E-state index contributed by atoms with van der Waals surface area (Å²) in [7, 11) is 1.73. The zero-order valence-corrected chi connectivity index (χ0v) is 12.9. The quantitative estimate of drug-likeness (QED) is 0.892. The van der Waals surface area contributed by atoms with Gasteiger partial charge in [0.15, 0.2) is 0 Å². The van der Waals surface area contributed by atoms with Crippen LogP contribution in [0.5, 0.6) is 0 Å². The van der Waals surface area contributed by atoms with Crippen LogP contribution in [-0.2, 0) is 16.1 Å². The summed E-state index contributed by atoms with van der Waals surface area (Å²) in [6.07, 6.45) is 1.82. The first-order valence-corrected chi connectivity index (χ1v) is 7.51. The lowest BCUT2D eigenvalue weighted by Crippen LogP contribution is -2.33. The minimum Gasteiger partial charge on any atom is -0.467 e. The van der Waals surface area contributed by atoms with E-state index < -0.39 is 0 Å². The van der Waals surface area contributed by atoms with Crippen LogP contribution in [0, 0.1) is 0 Å². The molecule has 1 atom stereocenters. The average Bonchev–Trinajstić information content (AvgIpc) is 3.10. The molecular formula is C15H18N2O3S. The molecule has 6 heteroatoms. The maximum Gasteiger partial charge on any atom is 0.225 e. The van der Waals surface area contributed by atoms with Gasteiger partial charge in [-0.3, -0.25) is 9.59 Å². The predicted octanol–water partition coefficient (Wildman–Crippen LogP) is 2.57. The van der Waals surface area contributed by atoms with Crippen LogP contribution >= 0.6 is 11.3 Å². The summed E-state index contributed by atoms with van der Waals surface area (Å²) in [4.78, 5) is 26.2. The van der Waals surface area contributed by atoms with Gasteiger partial charge in [-0.15, -0.1) is 11.3 Å². The smallest absolute Gasteiger partial charge is 0.225 e. The van der Waals surface area contributed by atoms with E-state index >= 15 is 0 Å². The van der Waals surface area contributed by atoms with Crippen molar-refractivity contribution < 1.29 is 14.0 Å². The lowest BCUT2D eigenvalue weighted by atomic mass is 10.1. The third-order valence-electron chi connectivity index (χ3n) is 3.04. The van der Waals surface area contributed by atoms with E-state index in [1.807, 2.05) is 23.6 Å². The molecule has 0 aliphatic carbocycles. The number of hydrogen-bond acceptors (Lipinski definition) is 4. The van der Waals surface area contributed by atoms with E-state index in [0.717, 1.165) is 10.6 Å².